The van der Waals surface area contributed by atoms with Gasteiger partial charge in [0.1, 0.15) is 0 Å². The maximum absolute atomic E-state index is 11.8. The lowest BCUT2D eigenvalue weighted by Gasteiger charge is -2.32. The minimum atomic E-state index is -0.642. The Hall–Kier alpha value is -1.62. The Morgan fingerprint density at radius 2 is 2.18 bits per heavy atom. The van der Waals surface area contributed by atoms with Crippen LogP contribution in [0.25, 0.3) is 0 Å². The zero-order valence-corrected chi connectivity index (χ0v) is 10.1. The number of methoxy groups -OCH3 is 1. The maximum atomic E-state index is 11.8. The van der Waals surface area contributed by atoms with Crippen molar-refractivity contribution in [1.82, 2.24) is 4.90 Å². The lowest BCUT2D eigenvalue weighted by Crippen LogP contribution is -2.52. The lowest BCUT2D eigenvalue weighted by molar-refractivity contribution is -0.158. The van der Waals surface area contributed by atoms with Gasteiger partial charge >= 0.3 is 5.97 Å². The molecule has 0 saturated carbocycles. The number of morpholine rings is 1. The zero-order valence-electron chi connectivity index (χ0n) is 10.1. The van der Waals surface area contributed by atoms with Gasteiger partial charge in [-0.2, -0.15) is 0 Å². The van der Waals surface area contributed by atoms with Crippen LogP contribution in [0.15, 0.2) is 24.3 Å². The molecule has 1 rings (SSSR count). The summed E-state index contributed by atoms with van der Waals surface area (Å²) >= 11 is 0. The normalized spacial score (nSPS) is 21.1. The number of nitrogens with zero attached hydrogens (tertiary/aromatic N) is 1. The minimum absolute atomic E-state index is 0.190. The predicted molar refractivity (Wildman–Crippen MR) is 62.3 cm³/mol. The van der Waals surface area contributed by atoms with Gasteiger partial charge < -0.3 is 14.4 Å². The molecule has 1 aliphatic heterocycles. The third-order valence-corrected chi connectivity index (χ3v) is 2.43. The molecule has 5 heteroatoms. The van der Waals surface area contributed by atoms with Crippen LogP contribution in [0.4, 0.5) is 0 Å². The average molecular weight is 239 g/mol. The second-order valence-electron chi connectivity index (χ2n) is 3.53. The van der Waals surface area contributed by atoms with Gasteiger partial charge in [0.15, 0.2) is 6.04 Å². The largest absolute Gasteiger partial charge is 0.467 e. The summed E-state index contributed by atoms with van der Waals surface area (Å²) in [7, 11) is 1.30. The molecule has 0 bridgehead atoms. The quantitative estimate of drug-likeness (QED) is 0.409. The number of ether oxygens (including phenoxy) is 2. The zero-order chi connectivity index (χ0) is 12.7. The number of hydrogen-bond donors (Lipinski definition) is 0. The Morgan fingerprint density at radius 1 is 1.41 bits per heavy atom. The molecule has 1 saturated heterocycles. The molecule has 0 spiro atoms. The van der Waals surface area contributed by atoms with E-state index >= 15 is 0 Å². The van der Waals surface area contributed by atoms with Gasteiger partial charge in [-0.25, -0.2) is 4.79 Å². The van der Waals surface area contributed by atoms with Gasteiger partial charge in [0, 0.05) is 12.6 Å². The standard InChI is InChI=1S/C12H17NO4/c1-3-4-5-6-11(14)13-7-8-17-9-10(13)12(15)16-2/h3-6,10H,7-9H2,1-2H3/b4-3?,6-5+. The van der Waals surface area contributed by atoms with E-state index in [2.05, 4.69) is 4.74 Å². The molecule has 0 aromatic heterocycles. The summed E-state index contributed by atoms with van der Waals surface area (Å²) in [5.74, 6) is -0.653. The first-order chi connectivity index (χ1) is 8.20. The fraction of sp³-hybridized carbons (Fsp3) is 0.500. The fourth-order valence-electron chi connectivity index (χ4n) is 1.54. The molecular formula is C12H17NO4. The van der Waals surface area contributed by atoms with Crippen LogP contribution in [-0.4, -0.2) is 49.7 Å². The number of hydrogen-bond acceptors (Lipinski definition) is 4. The summed E-state index contributed by atoms with van der Waals surface area (Å²) < 4.78 is 9.82. The maximum Gasteiger partial charge on any atom is 0.331 e. The number of esters is 1. The van der Waals surface area contributed by atoms with Crippen LogP contribution in [0.1, 0.15) is 6.92 Å². The third-order valence-electron chi connectivity index (χ3n) is 2.43. The molecule has 0 radical (unpaired) electrons. The second kappa shape index (κ2) is 6.85. The molecule has 0 aromatic carbocycles. The van der Waals surface area contributed by atoms with Crippen molar-refractivity contribution in [3.8, 4) is 0 Å². The van der Waals surface area contributed by atoms with Crippen molar-refractivity contribution in [2.24, 2.45) is 0 Å². The van der Waals surface area contributed by atoms with Gasteiger partial charge in [-0.15, -0.1) is 0 Å². The molecule has 1 atom stereocenters. The van der Waals surface area contributed by atoms with E-state index in [4.69, 9.17) is 4.74 Å². The number of carbonyl (C=O) groups excluding carboxylic acids is 2. The topological polar surface area (TPSA) is 55.8 Å². The van der Waals surface area contributed by atoms with E-state index in [1.807, 2.05) is 13.0 Å². The predicted octanol–water partition coefficient (Wildman–Crippen LogP) is 0.519. The van der Waals surface area contributed by atoms with Crippen molar-refractivity contribution in [3.05, 3.63) is 24.3 Å². The van der Waals surface area contributed by atoms with Crippen LogP contribution in [0.5, 0.6) is 0 Å². The van der Waals surface area contributed by atoms with E-state index in [1.165, 1.54) is 18.1 Å². The summed E-state index contributed by atoms with van der Waals surface area (Å²) in [4.78, 5) is 24.8. The van der Waals surface area contributed by atoms with E-state index in [-0.39, 0.29) is 12.5 Å². The molecule has 5 nitrogen and oxygen atoms in total. The molecule has 1 aliphatic rings. The van der Waals surface area contributed by atoms with E-state index in [1.54, 1.807) is 12.2 Å². The minimum Gasteiger partial charge on any atom is -0.467 e. The van der Waals surface area contributed by atoms with Crippen LogP contribution >= 0.6 is 0 Å². The first-order valence-electron chi connectivity index (χ1n) is 5.46. The van der Waals surface area contributed by atoms with Crippen molar-refractivity contribution in [2.75, 3.05) is 26.9 Å². The molecule has 1 fully saturated rings. The first-order valence-corrected chi connectivity index (χ1v) is 5.46. The Bertz CT molecular complexity index is 335. The van der Waals surface area contributed by atoms with Gasteiger partial charge in [0.05, 0.1) is 20.3 Å². The van der Waals surface area contributed by atoms with Crippen molar-refractivity contribution >= 4 is 11.9 Å². The SMILES string of the molecule is CC=C/C=C/C(=O)N1CCOCC1C(=O)OC. The number of carbonyl (C=O) groups is 2. The third kappa shape index (κ3) is 3.71. The molecule has 0 aromatic rings. The summed E-state index contributed by atoms with van der Waals surface area (Å²) in [6.07, 6.45) is 6.65. The smallest absolute Gasteiger partial charge is 0.331 e. The molecular weight excluding hydrogens is 222 g/mol. The van der Waals surface area contributed by atoms with Crippen molar-refractivity contribution in [1.29, 1.82) is 0 Å². The Labute approximate surface area is 101 Å². The Balaban J connectivity index is 2.70. The van der Waals surface area contributed by atoms with Crippen molar-refractivity contribution < 1.29 is 19.1 Å². The van der Waals surface area contributed by atoms with Crippen molar-refractivity contribution in [3.63, 3.8) is 0 Å². The van der Waals surface area contributed by atoms with Gasteiger partial charge in [-0.3, -0.25) is 4.79 Å². The molecule has 1 amide bonds. The van der Waals surface area contributed by atoms with Gasteiger partial charge in [0.25, 0.3) is 0 Å². The highest BCUT2D eigenvalue weighted by molar-refractivity contribution is 5.92. The summed E-state index contributed by atoms with van der Waals surface area (Å²) in [6, 6.07) is -0.642. The molecule has 94 valence electrons. The van der Waals surface area contributed by atoms with Crippen LogP contribution in [0.2, 0.25) is 0 Å². The number of allylic oxidation sites excluding steroid dienone is 3. The molecule has 0 aliphatic carbocycles. The van der Waals surface area contributed by atoms with Gasteiger partial charge in [-0.05, 0) is 6.92 Å². The van der Waals surface area contributed by atoms with Crippen LogP contribution < -0.4 is 0 Å². The number of amides is 1. The summed E-state index contributed by atoms with van der Waals surface area (Å²) in [5, 5.41) is 0. The molecule has 1 unspecified atom stereocenters. The summed E-state index contributed by atoms with van der Waals surface area (Å²) in [6.45, 7) is 2.89. The van der Waals surface area contributed by atoms with E-state index in [0.29, 0.717) is 13.2 Å². The second-order valence-corrected chi connectivity index (χ2v) is 3.53. The average Bonchev–Trinajstić information content (AvgIpc) is 2.38. The van der Waals surface area contributed by atoms with Crippen LogP contribution in [0.3, 0.4) is 0 Å². The highest BCUT2D eigenvalue weighted by atomic mass is 16.5. The highest BCUT2D eigenvalue weighted by Gasteiger charge is 2.32. The summed E-state index contributed by atoms with van der Waals surface area (Å²) in [5.41, 5.74) is 0. The molecule has 0 N–H and O–H groups in total. The van der Waals surface area contributed by atoms with Crippen LogP contribution in [-0.2, 0) is 19.1 Å². The lowest BCUT2D eigenvalue weighted by atomic mass is 10.2. The Kier molecular flexibility index (Phi) is 5.42. The first kappa shape index (κ1) is 13.4. The van der Waals surface area contributed by atoms with E-state index < -0.39 is 12.0 Å². The van der Waals surface area contributed by atoms with Crippen LogP contribution in [0, 0.1) is 0 Å². The highest BCUT2D eigenvalue weighted by Crippen LogP contribution is 2.09. The van der Waals surface area contributed by atoms with E-state index in [0.717, 1.165) is 0 Å². The van der Waals surface area contributed by atoms with Crippen molar-refractivity contribution in [2.45, 2.75) is 13.0 Å². The fourth-order valence-corrected chi connectivity index (χ4v) is 1.54. The molecule has 1 heterocycles. The van der Waals surface area contributed by atoms with Gasteiger partial charge in [-0.1, -0.05) is 18.2 Å². The van der Waals surface area contributed by atoms with Gasteiger partial charge in [0.2, 0.25) is 5.91 Å². The monoisotopic (exact) mass is 239 g/mol. The number of rotatable bonds is 3. The Morgan fingerprint density at radius 3 is 2.82 bits per heavy atom. The van der Waals surface area contributed by atoms with E-state index in [9.17, 15) is 9.59 Å². The molecule has 17 heavy (non-hydrogen) atoms.